The molecule has 0 unspecified atom stereocenters. The van der Waals surface area contributed by atoms with E-state index in [0.29, 0.717) is 22.6 Å². The topological polar surface area (TPSA) is 130 Å². The van der Waals surface area contributed by atoms with E-state index in [1.54, 1.807) is 38.1 Å². The molecule has 0 saturated heterocycles. The van der Waals surface area contributed by atoms with Crippen molar-refractivity contribution in [2.45, 2.75) is 59.2 Å². The fourth-order valence-corrected chi connectivity index (χ4v) is 4.75. The van der Waals surface area contributed by atoms with Crippen molar-refractivity contribution < 1.29 is 22.9 Å². The third kappa shape index (κ3) is 8.16. The molecule has 0 aromatic heterocycles. The number of carbonyl (C=O) groups is 2. The van der Waals surface area contributed by atoms with Crippen LogP contribution in [0, 0.1) is 17.0 Å². The van der Waals surface area contributed by atoms with Gasteiger partial charge in [-0.2, -0.15) is 0 Å². The lowest BCUT2D eigenvalue weighted by Crippen LogP contribution is -2.53. The van der Waals surface area contributed by atoms with Crippen LogP contribution in [-0.2, 0) is 26.2 Å². The van der Waals surface area contributed by atoms with Crippen molar-refractivity contribution in [1.29, 1.82) is 0 Å². The average Bonchev–Trinajstić information content (AvgIpc) is 2.83. The second kappa shape index (κ2) is 12.9. The fourth-order valence-electron chi connectivity index (χ4n) is 3.72. The van der Waals surface area contributed by atoms with Crippen LogP contribution in [0.3, 0.4) is 0 Å². The number of benzene rings is 2. The third-order valence-electron chi connectivity index (χ3n) is 6.00. The van der Waals surface area contributed by atoms with Gasteiger partial charge in [-0.15, -0.1) is 0 Å². The molecule has 1 N–H and O–H groups in total. The summed E-state index contributed by atoms with van der Waals surface area (Å²) in [5, 5.41) is 14.7. The van der Waals surface area contributed by atoms with Gasteiger partial charge >= 0.3 is 0 Å². The van der Waals surface area contributed by atoms with Crippen LogP contribution in [0.2, 0.25) is 5.02 Å². The molecule has 2 amide bonds. The number of nitro benzene ring substituents is 1. The number of carbonyl (C=O) groups excluding carboxylic acids is 2. The summed E-state index contributed by atoms with van der Waals surface area (Å²) in [5.41, 5.74) is 0.854. The first-order chi connectivity index (χ1) is 17.3. The van der Waals surface area contributed by atoms with E-state index in [1.807, 2.05) is 13.8 Å². The Labute approximate surface area is 222 Å². The third-order valence-corrected chi connectivity index (χ3v) is 7.38. The Morgan fingerprint density at radius 1 is 1.11 bits per heavy atom. The van der Waals surface area contributed by atoms with Crippen molar-refractivity contribution in [2.24, 2.45) is 0 Å². The van der Waals surface area contributed by atoms with Crippen LogP contribution in [0.4, 0.5) is 11.4 Å². The normalized spacial score (nSPS) is 12.9. The first kappa shape index (κ1) is 30.0. The summed E-state index contributed by atoms with van der Waals surface area (Å²) in [6.07, 6.45) is 1.91. The van der Waals surface area contributed by atoms with Gasteiger partial charge in [0.25, 0.3) is 5.69 Å². The van der Waals surface area contributed by atoms with Crippen molar-refractivity contribution in [1.82, 2.24) is 10.2 Å². The smallest absolute Gasteiger partial charge is 0.271 e. The van der Waals surface area contributed by atoms with E-state index in [2.05, 4.69) is 5.32 Å². The molecule has 10 nitrogen and oxygen atoms in total. The molecule has 0 aliphatic carbocycles. The highest BCUT2D eigenvalue weighted by Crippen LogP contribution is 2.28. The lowest BCUT2D eigenvalue weighted by atomic mass is 10.1. The number of nitro groups is 1. The number of anilines is 1. The zero-order valence-corrected chi connectivity index (χ0v) is 23.2. The molecule has 0 aliphatic heterocycles. The minimum Gasteiger partial charge on any atom is -0.352 e. The van der Waals surface area contributed by atoms with Gasteiger partial charge in [-0.1, -0.05) is 43.6 Å². The van der Waals surface area contributed by atoms with Gasteiger partial charge in [0.05, 0.1) is 16.9 Å². The molecule has 2 rings (SSSR count). The molecule has 2 aromatic rings. The second-order valence-electron chi connectivity index (χ2n) is 8.89. The number of sulfonamides is 1. The van der Waals surface area contributed by atoms with Crippen molar-refractivity contribution in [3.05, 3.63) is 68.7 Å². The van der Waals surface area contributed by atoms with Crippen LogP contribution < -0.4 is 9.62 Å². The molecule has 0 fully saturated rings. The highest BCUT2D eigenvalue weighted by molar-refractivity contribution is 7.92. The zero-order chi connectivity index (χ0) is 27.9. The summed E-state index contributed by atoms with van der Waals surface area (Å²) in [4.78, 5) is 38.9. The van der Waals surface area contributed by atoms with Crippen LogP contribution in [0.15, 0.2) is 42.5 Å². The SMILES string of the molecule is CC[C@H](C)NC(=O)[C@H](CC)N(Cc1ccc(Cl)cc1)C(=O)CN(c1cc([N+](=O)[O-])ccc1C)S(C)(=O)=O. The minimum absolute atomic E-state index is 0.0219. The van der Waals surface area contributed by atoms with E-state index < -0.39 is 33.4 Å². The molecule has 0 aliphatic rings. The molecule has 37 heavy (non-hydrogen) atoms. The Kier molecular flexibility index (Phi) is 10.4. The van der Waals surface area contributed by atoms with Crippen molar-refractivity contribution in [3.63, 3.8) is 0 Å². The quantitative estimate of drug-likeness (QED) is 0.312. The lowest BCUT2D eigenvalue weighted by molar-refractivity contribution is -0.384. The van der Waals surface area contributed by atoms with Gasteiger partial charge < -0.3 is 10.2 Å². The van der Waals surface area contributed by atoms with Crippen molar-refractivity contribution in [3.8, 4) is 0 Å². The molecule has 2 aromatic carbocycles. The number of nitrogens with zero attached hydrogens (tertiary/aromatic N) is 3. The lowest BCUT2D eigenvalue weighted by Gasteiger charge is -2.33. The molecule has 0 saturated carbocycles. The first-order valence-electron chi connectivity index (χ1n) is 11.8. The average molecular weight is 553 g/mol. The Balaban J connectivity index is 2.52. The second-order valence-corrected chi connectivity index (χ2v) is 11.2. The van der Waals surface area contributed by atoms with Crippen molar-refractivity contribution >= 4 is 44.8 Å². The summed E-state index contributed by atoms with van der Waals surface area (Å²) in [6.45, 7) is 6.54. The number of halogens is 1. The number of amides is 2. The largest absolute Gasteiger partial charge is 0.352 e. The number of rotatable bonds is 12. The number of aryl methyl sites for hydroxylation is 1. The summed E-state index contributed by atoms with van der Waals surface area (Å²) in [7, 11) is -4.02. The van der Waals surface area contributed by atoms with E-state index in [1.165, 1.54) is 17.0 Å². The Morgan fingerprint density at radius 2 is 1.73 bits per heavy atom. The number of non-ortho nitro benzene ring substituents is 1. The first-order valence-corrected chi connectivity index (χ1v) is 14.1. The van der Waals surface area contributed by atoms with E-state index in [9.17, 15) is 28.1 Å². The summed E-state index contributed by atoms with van der Waals surface area (Å²) >= 11 is 5.99. The monoisotopic (exact) mass is 552 g/mol. The molecular weight excluding hydrogens is 520 g/mol. The molecule has 202 valence electrons. The van der Waals surface area contributed by atoms with Crippen LogP contribution in [0.1, 0.15) is 44.7 Å². The van der Waals surface area contributed by atoms with E-state index in [0.717, 1.165) is 16.6 Å². The number of nitrogens with one attached hydrogen (secondary N) is 1. The standard InChI is InChI=1S/C25H33ClN4O6S/c1-6-18(4)27-25(32)22(7-2)28(15-19-9-11-20(26)12-10-19)24(31)16-29(37(5,35)36)23-14-21(30(33)34)13-8-17(23)3/h8-14,18,22H,6-7,15-16H2,1-5H3,(H,27,32)/t18-,22-/m0/s1. The summed E-state index contributed by atoms with van der Waals surface area (Å²) in [6, 6.07) is 9.60. The van der Waals surface area contributed by atoms with Gasteiger partial charge in [-0.05, 0) is 49.9 Å². The van der Waals surface area contributed by atoms with Crippen LogP contribution in [0.25, 0.3) is 0 Å². The molecular formula is C25H33ClN4O6S. The minimum atomic E-state index is -4.02. The molecule has 0 radical (unpaired) electrons. The van der Waals surface area contributed by atoms with Gasteiger partial charge in [-0.25, -0.2) is 8.42 Å². The Morgan fingerprint density at radius 3 is 2.24 bits per heavy atom. The summed E-state index contributed by atoms with van der Waals surface area (Å²) in [5.74, 6) is -0.978. The summed E-state index contributed by atoms with van der Waals surface area (Å²) < 4.78 is 26.4. The van der Waals surface area contributed by atoms with Gasteiger partial charge in [0.1, 0.15) is 12.6 Å². The maximum atomic E-state index is 13.7. The molecule has 2 atom stereocenters. The van der Waals surface area contributed by atoms with E-state index in [4.69, 9.17) is 11.6 Å². The van der Waals surface area contributed by atoms with Gasteiger partial charge in [0.15, 0.2) is 0 Å². The van der Waals surface area contributed by atoms with E-state index >= 15 is 0 Å². The van der Waals surface area contributed by atoms with Gasteiger partial charge in [-0.3, -0.25) is 24.0 Å². The number of hydrogen-bond acceptors (Lipinski definition) is 6. The predicted molar refractivity (Wildman–Crippen MR) is 144 cm³/mol. The Bertz CT molecular complexity index is 1240. The molecule has 0 heterocycles. The highest BCUT2D eigenvalue weighted by Gasteiger charge is 2.33. The predicted octanol–water partition coefficient (Wildman–Crippen LogP) is 4.04. The Hall–Kier alpha value is -3.18. The van der Waals surface area contributed by atoms with Crippen molar-refractivity contribution in [2.75, 3.05) is 17.1 Å². The van der Waals surface area contributed by atoms with Crippen LogP contribution >= 0.6 is 11.6 Å². The zero-order valence-electron chi connectivity index (χ0n) is 21.6. The maximum Gasteiger partial charge on any atom is 0.271 e. The molecule has 0 bridgehead atoms. The van der Waals surface area contributed by atoms with Crippen LogP contribution in [-0.4, -0.2) is 54.9 Å². The molecule has 0 spiro atoms. The highest BCUT2D eigenvalue weighted by atomic mass is 35.5. The van der Waals surface area contributed by atoms with Gasteiger partial charge in [0.2, 0.25) is 21.8 Å². The fraction of sp³-hybridized carbons (Fsp3) is 0.440. The van der Waals surface area contributed by atoms with Crippen LogP contribution in [0.5, 0.6) is 0 Å². The number of hydrogen-bond donors (Lipinski definition) is 1. The van der Waals surface area contributed by atoms with Gasteiger partial charge in [0, 0.05) is 29.7 Å². The maximum absolute atomic E-state index is 13.7. The van der Waals surface area contributed by atoms with E-state index in [-0.39, 0.29) is 36.3 Å². The molecule has 12 heteroatoms.